The van der Waals surface area contributed by atoms with E-state index >= 15 is 0 Å². The van der Waals surface area contributed by atoms with Crippen LogP contribution < -0.4 is 0 Å². The Hall–Kier alpha value is -3.45. The molecule has 0 atom stereocenters. The van der Waals surface area contributed by atoms with Crippen molar-refractivity contribution in [3.8, 4) is 0 Å². The van der Waals surface area contributed by atoms with Crippen molar-refractivity contribution in [3.05, 3.63) is 124 Å². The zero-order valence-corrected chi connectivity index (χ0v) is 26.3. The van der Waals surface area contributed by atoms with Gasteiger partial charge >= 0.3 is 0 Å². The monoisotopic (exact) mass is 597 g/mol. The molecule has 2 heterocycles. The number of aromatic amines is 1. The second-order valence-corrected chi connectivity index (χ2v) is 12.0. The van der Waals surface area contributed by atoms with Crippen LogP contribution >= 0.6 is 11.6 Å². The van der Waals surface area contributed by atoms with Crippen molar-refractivity contribution in [2.75, 3.05) is 39.3 Å². The molecule has 0 saturated carbocycles. The Morgan fingerprint density at radius 3 is 2.07 bits per heavy atom. The molecule has 1 saturated heterocycles. The normalized spacial score (nSPS) is 15.1. The Morgan fingerprint density at radius 2 is 1.49 bits per heavy atom. The molecular weight excluding hydrogens is 554 g/mol. The summed E-state index contributed by atoms with van der Waals surface area (Å²) in [5.74, 6) is 0.00178. The van der Waals surface area contributed by atoms with Crippen molar-refractivity contribution in [2.45, 2.75) is 51.6 Å². The third-order valence-corrected chi connectivity index (χ3v) is 9.29. The van der Waals surface area contributed by atoms with Gasteiger partial charge in [-0.1, -0.05) is 98.2 Å². The largest absolute Gasteiger partial charge is 0.340 e. The van der Waals surface area contributed by atoms with Gasteiger partial charge in [0.25, 0.3) is 5.91 Å². The first-order valence-electron chi connectivity index (χ1n) is 15.6. The van der Waals surface area contributed by atoms with Crippen LogP contribution in [0.2, 0.25) is 5.02 Å². The molecule has 0 unspecified atom stereocenters. The SMILES string of the molecule is CCN(CC)CCCN(Cc1ccc(Cl)cc1)C(=O)c1[nH]cnc1CN1CCC(c2ccccc2)(c2ccccc2)CC1. The zero-order chi connectivity index (χ0) is 30.1. The summed E-state index contributed by atoms with van der Waals surface area (Å²) < 4.78 is 0. The molecule has 0 spiro atoms. The number of imidazole rings is 1. The van der Waals surface area contributed by atoms with Gasteiger partial charge in [0.05, 0.1) is 12.0 Å². The van der Waals surface area contributed by atoms with Gasteiger partial charge in [0.2, 0.25) is 0 Å². The van der Waals surface area contributed by atoms with Gasteiger partial charge in [0, 0.05) is 30.1 Å². The summed E-state index contributed by atoms with van der Waals surface area (Å²) in [5.41, 5.74) is 5.22. The first kappa shape index (κ1) is 31.0. The van der Waals surface area contributed by atoms with E-state index in [-0.39, 0.29) is 11.3 Å². The molecule has 226 valence electrons. The van der Waals surface area contributed by atoms with Gasteiger partial charge in [0.1, 0.15) is 5.69 Å². The number of nitrogens with one attached hydrogen (secondary N) is 1. The summed E-state index contributed by atoms with van der Waals surface area (Å²) in [7, 11) is 0. The number of amides is 1. The number of hydrogen-bond donors (Lipinski definition) is 1. The molecule has 3 aromatic carbocycles. The van der Waals surface area contributed by atoms with Crippen LogP contribution in [0.5, 0.6) is 0 Å². The Kier molecular flexibility index (Phi) is 10.7. The number of likely N-dealkylation sites (tertiary alicyclic amines) is 1. The fourth-order valence-electron chi connectivity index (χ4n) is 6.44. The lowest BCUT2D eigenvalue weighted by Crippen LogP contribution is -2.43. The molecule has 7 heteroatoms. The van der Waals surface area contributed by atoms with E-state index in [1.807, 2.05) is 29.2 Å². The molecule has 6 nitrogen and oxygen atoms in total. The van der Waals surface area contributed by atoms with Crippen molar-refractivity contribution in [2.24, 2.45) is 0 Å². The summed E-state index contributed by atoms with van der Waals surface area (Å²) >= 11 is 6.14. The maximum absolute atomic E-state index is 14.0. The van der Waals surface area contributed by atoms with Gasteiger partial charge < -0.3 is 14.8 Å². The Morgan fingerprint density at radius 1 is 0.884 bits per heavy atom. The fraction of sp³-hybridized carbons (Fsp3) is 0.389. The van der Waals surface area contributed by atoms with E-state index in [2.05, 4.69) is 94.3 Å². The third kappa shape index (κ3) is 7.56. The molecular formula is C36H44ClN5O. The number of nitrogens with zero attached hydrogens (tertiary/aromatic N) is 4. The molecule has 1 aliphatic rings. The molecule has 1 N–H and O–H groups in total. The van der Waals surface area contributed by atoms with Gasteiger partial charge in [-0.15, -0.1) is 0 Å². The molecule has 0 aliphatic carbocycles. The third-order valence-electron chi connectivity index (χ3n) is 9.04. The molecule has 1 aliphatic heterocycles. The van der Waals surface area contributed by atoms with Crippen molar-refractivity contribution >= 4 is 17.5 Å². The summed E-state index contributed by atoms with van der Waals surface area (Å²) in [4.78, 5) is 28.7. The maximum atomic E-state index is 14.0. The quantitative estimate of drug-likeness (QED) is 0.180. The van der Waals surface area contributed by atoms with Crippen molar-refractivity contribution in [1.29, 1.82) is 0 Å². The van der Waals surface area contributed by atoms with Crippen LogP contribution in [0, 0.1) is 0 Å². The van der Waals surface area contributed by atoms with Crippen molar-refractivity contribution in [3.63, 3.8) is 0 Å². The van der Waals surface area contributed by atoms with E-state index in [1.165, 1.54) is 11.1 Å². The van der Waals surface area contributed by atoms with E-state index in [1.54, 1.807) is 6.33 Å². The minimum atomic E-state index is -0.0104. The number of H-pyrrole nitrogens is 1. The van der Waals surface area contributed by atoms with Crippen molar-refractivity contribution < 1.29 is 4.79 Å². The number of piperidine rings is 1. The average Bonchev–Trinajstić information content (AvgIpc) is 3.52. The first-order chi connectivity index (χ1) is 21.0. The highest BCUT2D eigenvalue weighted by molar-refractivity contribution is 6.30. The molecule has 1 amide bonds. The molecule has 5 rings (SSSR count). The number of benzene rings is 3. The first-order valence-corrected chi connectivity index (χ1v) is 16.0. The summed E-state index contributed by atoms with van der Waals surface area (Å²) in [6.07, 6.45) is 4.62. The summed E-state index contributed by atoms with van der Waals surface area (Å²) in [6.45, 7) is 11.1. The van der Waals surface area contributed by atoms with Crippen LogP contribution in [0.25, 0.3) is 0 Å². The smallest absolute Gasteiger partial charge is 0.272 e. The van der Waals surface area contributed by atoms with E-state index in [9.17, 15) is 4.79 Å². The second kappa shape index (κ2) is 14.8. The Labute approximate surface area is 261 Å². The zero-order valence-electron chi connectivity index (χ0n) is 25.5. The maximum Gasteiger partial charge on any atom is 0.272 e. The lowest BCUT2D eigenvalue weighted by molar-refractivity contribution is 0.0726. The fourth-order valence-corrected chi connectivity index (χ4v) is 6.56. The predicted molar refractivity (Wildman–Crippen MR) is 175 cm³/mol. The van der Waals surface area contributed by atoms with Gasteiger partial charge in [-0.05, 0) is 80.8 Å². The lowest BCUT2D eigenvalue weighted by atomic mass is 9.68. The Bertz CT molecular complexity index is 1370. The minimum absolute atomic E-state index is 0.00178. The highest BCUT2D eigenvalue weighted by Crippen LogP contribution is 2.41. The summed E-state index contributed by atoms with van der Waals surface area (Å²) in [6, 6.07) is 29.6. The van der Waals surface area contributed by atoms with Crippen LogP contribution in [-0.2, 0) is 18.5 Å². The van der Waals surface area contributed by atoms with Gasteiger partial charge in [-0.25, -0.2) is 4.98 Å². The van der Waals surface area contributed by atoms with Crippen LogP contribution in [0.3, 0.4) is 0 Å². The van der Waals surface area contributed by atoms with E-state index in [0.717, 1.165) is 63.2 Å². The molecule has 0 bridgehead atoms. The van der Waals surface area contributed by atoms with Gasteiger partial charge in [-0.3, -0.25) is 9.69 Å². The minimum Gasteiger partial charge on any atom is -0.340 e. The average molecular weight is 598 g/mol. The highest BCUT2D eigenvalue weighted by Gasteiger charge is 2.38. The van der Waals surface area contributed by atoms with Crippen LogP contribution in [0.4, 0.5) is 0 Å². The van der Waals surface area contributed by atoms with Crippen LogP contribution in [0.1, 0.15) is 66.0 Å². The van der Waals surface area contributed by atoms with Gasteiger partial charge in [0.15, 0.2) is 0 Å². The van der Waals surface area contributed by atoms with Crippen LogP contribution in [-0.4, -0.2) is 69.8 Å². The summed E-state index contributed by atoms with van der Waals surface area (Å²) in [5, 5.41) is 0.698. The van der Waals surface area contributed by atoms with Gasteiger partial charge in [-0.2, -0.15) is 0 Å². The van der Waals surface area contributed by atoms with Crippen molar-refractivity contribution in [1.82, 2.24) is 24.7 Å². The molecule has 1 fully saturated rings. The standard InChI is InChI=1S/C36H44ClN5O/c1-3-40(4-2)22-11-23-42(26-29-16-18-32(37)19-17-29)35(43)34-33(38-28-39-34)27-41-24-20-36(21-25-41,30-12-7-5-8-13-30)31-14-9-6-10-15-31/h5-10,12-19,28H,3-4,11,20-27H2,1-2H3,(H,38,39). The number of carbonyl (C=O) groups is 1. The number of carbonyl (C=O) groups excluding carboxylic acids is 1. The molecule has 4 aromatic rings. The topological polar surface area (TPSA) is 55.5 Å². The lowest BCUT2D eigenvalue weighted by Gasteiger charge is -2.43. The van der Waals surface area contributed by atoms with Crippen LogP contribution in [0.15, 0.2) is 91.3 Å². The molecule has 0 radical (unpaired) electrons. The Balaban J connectivity index is 1.30. The molecule has 43 heavy (non-hydrogen) atoms. The predicted octanol–water partition coefficient (Wildman–Crippen LogP) is 7.02. The number of rotatable bonds is 13. The number of aromatic nitrogens is 2. The van der Waals surface area contributed by atoms with E-state index < -0.39 is 0 Å². The van der Waals surface area contributed by atoms with E-state index in [0.29, 0.717) is 30.4 Å². The highest BCUT2D eigenvalue weighted by atomic mass is 35.5. The van der Waals surface area contributed by atoms with E-state index in [4.69, 9.17) is 11.6 Å². The number of hydrogen-bond acceptors (Lipinski definition) is 4. The second-order valence-electron chi connectivity index (χ2n) is 11.5. The molecule has 1 aromatic heterocycles. The number of halogens is 1.